The molecule has 188 valence electrons. The molecule has 2 aromatic carbocycles. The molecule has 0 spiro atoms. The van der Waals surface area contributed by atoms with Crippen molar-refractivity contribution in [2.75, 3.05) is 4.72 Å². The number of aromatic hydroxyl groups is 1. The predicted molar refractivity (Wildman–Crippen MR) is 136 cm³/mol. The minimum absolute atomic E-state index is 0.0869. The van der Waals surface area contributed by atoms with Gasteiger partial charge >= 0.3 is 5.63 Å². The summed E-state index contributed by atoms with van der Waals surface area (Å²) in [7, 11) is -3.82. The Kier molecular flexibility index (Phi) is 6.47. The molecule has 2 aliphatic carbocycles. The maximum absolute atomic E-state index is 13.1. The average molecular weight is 508 g/mol. The van der Waals surface area contributed by atoms with E-state index in [1.807, 2.05) is 19.1 Å². The summed E-state index contributed by atoms with van der Waals surface area (Å²) in [6, 6.07) is 13.5. The molecule has 3 aromatic rings. The lowest BCUT2D eigenvalue weighted by Gasteiger charge is -2.21. The van der Waals surface area contributed by atoms with E-state index in [-0.39, 0.29) is 39.2 Å². The molecule has 0 aliphatic heterocycles. The first-order chi connectivity index (χ1) is 17.2. The minimum Gasteiger partial charge on any atom is -0.506 e. The van der Waals surface area contributed by atoms with Crippen molar-refractivity contribution < 1.29 is 22.7 Å². The summed E-state index contributed by atoms with van der Waals surface area (Å²) in [5, 5.41) is 11.2. The van der Waals surface area contributed by atoms with Gasteiger partial charge in [0.1, 0.15) is 11.5 Å². The van der Waals surface area contributed by atoms with Crippen molar-refractivity contribution >= 4 is 21.5 Å². The molecular weight excluding hydrogens is 478 g/mol. The number of carbonyl (C=O) groups is 1. The third kappa shape index (κ3) is 4.82. The second-order valence-electron chi connectivity index (χ2n) is 9.80. The van der Waals surface area contributed by atoms with E-state index in [1.165, 1.54) is 6.07 Å². The Morgan fingerprint density at radius 3 is 2.50 bits per heavy atom. The second-order valence-corrected chi connectivity index (χ2v) is 11.5. The Bertz CT molecular complexity index is 1490. The van der Waals surface area contributed by atoms with Crippen LogP contribution in [0.15, 0.2) is 62.6 Å². The molecule has 36 heavy (non-hydrogen) atoms. The SMILES string of the molecule is Cc1cccc(S(=O)(=O)Nc2cccc(C(c3c(O)c4c(oc3=O)CCCCCC4=O)C3CC3)c2)c1. The predicted octanol–water partition coefficient (Wildman–Crippen LogP) is 5.30. The lowest BCUT2D eigenvalue weighted by Crippen LogP contribution is -2.21. The Morgan fingerprint density at radius 2 is 1.75 bits per heavy atom. The highest BCUT2D eigenvalue weighted by atomic mass is 32.2. The van der Waals surface area contributed by atoms with Gasteiger partial charge in [-0.25, -0.2) is 13.2 Å². The number of anilines is 1. The fourth-order valence-electron chi connectivity index (χ4n) is 5.09. The average Bonchev–Trinajstić information content (AvgIpc) is 3.65. The van der Waals surface area contributed by atoms with Gasteiger partial charge in [0.15, 0.2) is 5.78 Å². The summed E-state index contributed by atoms with van der Waals surface area (Å²) < 4.78 is 34.2. The number of nitrogens with one attached hydrogen (secondary N) is 1. The van der Waals surface area contributed by atoms with Gasteiger partial charge < -0.3 is 9.52 Å². The fraction of sp³-hybridized carbons (Fsp3) is 0.357. The van der Waals surface area contributed by atoms with Crippen molar-refractivity contribution in [3.8, 4) is 5.75 Å². The van der Waals surface area contributed by atoms with E-state index in [4.69, 9.17) is 4.42 Å². The van der Waals surface area contributed by atoms with Crippen LogP contribution in [0, 0.1) is 12.8 Å². The van der Waals surface area contributed by atoms with Crippen LogP contribution in [0.2, 0.25) is 0 Å². The third-order valence-corrected chi connectivity index (χ3v) is 8.37. The van der Waals surface area contributed by atoms with Crippen molar-refractivity contribution in [1.29, 1.82) is 0 Å². The molecule has 2 N–H and O–H groups in total. The van der Waals surface area contributed by atoms with Gasteiger partial charge in [0.05, 0.1) is 16.0 Å². The first-order valence-corrected chi connectivity index (χ1v) is 13.8. The van der Waals surface area contributed by atoms with Crippen LogP contribution in [-0.2, 0) is 16.4 Å². The number of Topliss-reactive ketones (excluding diaryl/α,β-unsaturated/α-hetero) is 1. The van der Waals surface area contributed by atoms with Crippen LogP contribution < -0.4 is 10.3 Å². The molecule has 1 unspecified atom stereocenters. The normalized spacial score (nSPS) is 17.1. The summed E-state index contributed by atoms with van der Waals surface area (Å²) >= 11 is 0. The van der Waals surface area contributed by atoms with E-state index in [0.29, 0.717) is 24.1 Å². The molecular formula is C28H29NO6S. The van der Waals surface area contributed by atoms with Crippen molar-refractivity contribution in [2.24, 2.45) is 5.92 Å². The van der Waals surface area contributed by atoms with Crippen molar-refractivity contribution in [3.63, 3.8) is 0 Å². The minimum atomic E-state index is -3.82. The van der Waals surface area contributed by atoms with E-state index < -0.39 is 21.6 Å². The number of hydrogen-bond acceptors (Lipinski definition) is 6. The van der Waals surface area contributed by atoms with E-state index in [0.717, 1.165) is 37.7 Å². The number of rotatable bonds is 6. The maximum Gasteiger partial charge on any atom is 0.343 e. The van der Waals surface area contributed by atoms with Gasteiger partial charge in [-0.05, 0) is 73.9 Å². The van der Waals surface area contributed by atoms with Crippen LogP contribution in [0.25, 0.3) is 0 Å². The highest BCUT2D eigenvalue weighted by molar-refractivity contribution is 7.92. The topological polar surface area (TPSA) is 114 Å². The van der Waals surface area contributed by atoms with Gasteiger partial charge in [0, 0.05) is 24.4 Å². The monoisotopic (exact) mass is 507 g/mol. The van der Waals surface area contributed by atoms with Crippen LogP contribution in [0.5, 0.6) is 5.75 Å². The van der Waals surface area contributed by atoms with Crippen LogP contribution in [0.1, 0.15) is 77.3 Å². The van der Waals surface area contributed by atoms with Gasteiger partial charge in [-0.2, -0.15) is 0 Å². The smallest absolute Gasteiger partial charge is 0.343 e. The van der Waals surface area contributed by atoms with Crippen LogP contribution in [0.4, 0.5) is 5.69 Å². The van der Waals surface area contributed by atoms with Crippen molar-refractivity contribution in [2.45, 2.75) is 62.7 Å². The zero-order valence-corrected chi connectivity index (χ0v) is 20.9. The summed E-state index contributed by atoms with van der Waals surface area (Å²) in [6.07, 6.45) is 4.85. The quantitative estimate of drug-likeness (QED) is 0.468. The number of hydrogen-bond donors (Lipinski definition) is 2. The molecule has 5 rings (SSSR count). The molecule has 0 saturated heterocycles. The Balaban J connectivity index is 1.55. The molecule has 1 saturated carbocycles. The molecule has 0 amide bonds. The number of benzene rings is 2. The third-order valence-electron chi connectivity index (χ3n) is 7.00. The highest BCUT2D eigenvalue weighted by Crippen LogP contribution is 2.49. The highest BCUT2D eigenvalue weighted by Gasteiger charge is 2.39. The fourth-order valence-corrected chi connectivity index (χ4v) is 6.24. The Labute approximate surface area is 210 Å². The molecule has 1 fully saturated rings. The van der Waals surface area contributed by atoms with Crippen LogP contribution in [0.3, 0.4) is 0 Å². The first-order valence-electron chi connectivity index (χ1n) is 12.4. The molecule has 0 radical (unpaired) electrons. The van der Waals surface area contributed by atoms with E-state index in [1.54, 1.807) is 30.3 Å². The number of fused-ring (bicyclic) bond motifs is 1. The van der Waals surface area contributed by atoms with E-state index >= 15 is 0 Å². The standard InChI is InChI=1S/C28H29NO6S/c1-17-7-5-10-21(15-17)36(33,34)29-20-9-6-8-19(16-20)24(18-13-14-18)26-27(31)25-22(30)11-3-2-4-12-23(25)35-28(26)32/h5-10,15-16,18,24,29,31H,2-4,11-14H2,1H3. The van der Waals surface area contributed by atoms with Gasteiger partial charge in [0.25, 0.3) is 10.0 Å². The van der Waals surface area contributed by atoms with Crippen LogP contribution >= 0.6 is 0 Å². The number of sulfonamides is 1. The molecule has 1 heterocycles. The molecule has 0 bridgehead atoms. The summed E-state index contributed by atoms with van der Waals surface area (Å²) in [6.45, 7) is 1.82. The zero-order valence-electron chi connectivity index (χ0n) is 20.1. The van der Waals surface area contributed by atoms with Gasteiger partial charge in [-0.15, -0.1) is 0 Å². The molecule has 1 atom stereocenters. The van der Waals surface area contributed by atoms with Gasteiger partial charge in [0.2, 0.25) is 0 Å². The number of ketones is 1. The largest absolute Gasteiger partial charge is 0.506 e. The summed E-state index contributed by atoms with van der Waals surface area (Å²) in [5.41, 5.74) is 1.45. The van der Waals surface area contributed by atoms with Crippen LogP contribution in [-0.4, -0.2) is 19.3 Å². The molecule has 2 aliphatic rings. The van der Waals surface area contributed by atoms with Gasteiger partial charge in [-0.1, -0.05) is 30.7 Å². The molecule has 8 heteroatoms. The van der Waals surface area contributed by atoms with E-state index in [2.05, 4.69) is 4.72 Å². The molecule has 1 aromatic heterocycles. The van der Waals surface area contributed by atoms with Crippen molar-refractivity contribution in [1.82, 2.24) is 0 Å². The molecule has 7 nitrogen and oxygen atoms in total. The Hall–Kier alpha value is -3.39. The van der Waals surface area contributed by atoms with Gasteiger partial charge in [-0.3, -0.25) is 9.52 Å². The van der Waals surface area contributed by atoms with Crippen molar-refractivity contribution in [3.05, 3.63) is 87.0 Å². The number of carbonyl (C=O) groups excluding carboxylic acids is 1. The summed E-state index contributed by atoms with van der Waals surface area (Å²) in [5.74, 6) is -0.644. The Morgan fingerprint density at radius 1 is 1.00 bits per heavy atom. The zero-order chi connectivity index (χ0) is 25.4. The lowest BCUT2D eigenvalue weighted by atomic mass is 9.85. The summed E-state index contributed by atoms with van der Waals surface area (Å²) in [4.78, 5) is 26.2. The van der Waals surface area contributed by atoms with E-state index in [9.17, 15) is 23.1 Å². The lowest BCUT2D eigenvalue weighted by molar-refractivity contribution is 0.0968. The number of aryl methyl sites for hydroxylation is 2. The first kappa shape index (κ1) is 24.3. The second kappa shape index (κ2) is 9.58. The maximum atomic E-state index is 13.1.